The molecular weight excluding hydrogens is 457 g/mol. The summed E-state index contributed by atoms with van der Waals surface area (Å²) in [5.74, 6) is -0.365. The van der Waals surface area contributed by atoms with Crippen LogP contribution in [0, 0.1) is 11.8 Å². The number of rotatable bonds is 7. The first-order chi connectivity index (χ1) is 16.3. The molecular formula is C27H41F3N2O3. The average Bonchev–Trinajstić information content (AvgIpc) is 2.83. The van der Waals surface area contributed by atoms with Gasteiger partial charge in [0.05, 0.1) is 5.56 Å². The standard InChI is InChI=1S/C27H38F3NO3.H3N/c28-27(29,30)22-9-7-21(8-10-22)24-16-20(17-26(32)33)6-11-25(24)31(23-12-14-34-15-13-23)18-19-4-2-1-3-5-19;/h7-10,19-20,23-25H,1-6,11-18H2,(H,32,33);1H3/t20-,24+,25-;/m1./s1. The highest BCUT2D eigenvalue weighted by Crippen LogP contribution is 2.43. The second kappa shape index (κ2) is 12.5. The maximum atomic E-state index is 13.2. The molecule has 3 fully saturated rings. The summed E-state index contributed by atoms with van der Waals surface area (Å²) in [5.41, 5.74) is 0.250. The van der Waals surface area contributed by atoms with Crippen LogP contribution in [0.1, 0.15) is 87.7 Å². The molecule has 4 N–H and O–H groups in total. The minimum atomic E-state index is -4.36. The number of carbonyl (C=O) groups excluding carboxylic acids is 1. The number of alkyl halides is 3. The minimum Gasteiger partial charge on any atom is -0.550 e. The van der Waals surface area contributed by atoms with E-state index in [9.17, 15) is 23.1 Å². The molecule has 198 valence electrons. The number of nitrogens with zero attached hydrogens (tertiary/aromatic N) is 1. The Morgan fingerprint density at radius 1 is 0.943 bits per heavy atom. The van der Waals surface area contributed by atoms with Gasteiger partial charge in [0, 0.05) is 37.8 Å². The molecule has 0 amide bonds. The number of hydrogen-bond donors (Lipinski definition) is 1. The van der Waals surface area contributed by atoms with Gasteiger partial charge >= 0.3 is 6.18 Å². The monoisotopic (exact) mass is 498 g/mol. The Morgan fingerprint density at radius 2 is 1.60 bits per heavy atom. The second-order valence-electron chi connectivity index (χ2n) is 10.6. The third-order valence-corrected chi connectivity index (χ3v) is 8.32. The van der Waals surface area contributed by atoms with Crippen molar-refractivity contribution in [3.05, 3.63) is 35.4 Å². The molecule has 8 heteroatoms. The number of carbonyl (C=O) groups is 1. The van der Waals surface area contributed by atoms with Crippen molar-refractivity contribution in [3.8, 4) is 0 Å². The normalized spacial score (nSPS) is 26.9. The number of benzene rings is 1. The van der Waals surface area contributed by atoms with E-state index in [0.29, 0.717) is 18.4 Å². The molecule has 4 rings (SSSR count). The van der Waals surface area contributed by atoms with Crippen molar-refractivity contribution >= 4 is 5.97 Å². The van der Waals surface area contributed by atoms with Gasteiger partial charge in [-0.3, -0.25) is 4.90 Å². The minimum absolute atomic E-state index is 0. The van der Waals surface area contributed by atoms with E-state index in [1.807, 2.05) is 0 Å². The van der Waals surface area contributed by atoms with Crippen LogP contribution in [0.15, 0.2) is 24.3 Å². The number of aliphatic carboxylic acids is 1. The lowest BCUT2D eigenvalue weighted by Crippen LogP contribution is -2.52. The molecule has 3 aliphatic rings. The highest BCUT2D eigenvalue weighted by molar-refractivity contribution is 5.64. The molecule has 35 heavy (non-hydrogen) atoms. The van der Waals surface area contributed by atoms with Gasteiger partial charge in [0.2, 0.25) is 0 Å². The summed E-state index contributed by atoms with van der Waals surface area (Å²) in [7, 11) is 0. The Kier molecular flexibility index (Phi) is 10.0. The third-order valence-electron chi connectivity index (χ3n) is 8.32. The highest BCUT2D eigenvalue weighted by Gasteiger charge is 2.39. The van der Waals surface area contributed by atoms with Crippen LogP contribution >= 0.6 is 0 Å². The molecule has 1 saturated heterocycles. The van der Waals surface area contributed by atoms with Crippen molar-refractivity contribution in [2.24, 2.45) is 11.8 Å². The first-order valence-electron chi connectivity index (χ1n) is 13.0. The highest BCUT2D eigenvalue weighted by atomic mass is 19.4. The summed E-state index contributed by atoms with van der Waals surface area (Å²) in [4.78, 5) is 14.0. The van der Waals surface area contributed by atoms with Gasteiger partial charge in [0.15, 0.2) is 0 Å². The van der Waals surface area contributed by atoms with Crippen LogP contribution in [0.3, 0.4) is 0 Å². The Labute approximate surface area is 207 Å². The van der Waals surface area contributed by atoms with E-state index >= 15 is 0 Å². The van der Waals surface area contributed by atoms with Crippen molar-refractivity contribution in [1.29, 1.82) is 0 Å². The van der Waals surface area contributed by atoms with Crippen molar-refractivity contribution in [2.75, 3.05) is 19.8 Å². The molecule has 0 spiro atoms. The molecule has 1 heterocycles. The number of halogens is 3. The summed E-state index contributed by atoms with van der Waals surface area (Å²) >= 11 is 0. The number of ether oxygens (including phenoxy) is 1. The van der Waals surface area contributed by atoms with Gasteiger partial charge in [0.1, 0.15) is 0 Å². The predicted molar refractivity (Wildman–Crippen MR) is 128 cm³/mol. The van der Waals surface area contributed by atoms with Gasteiger partial charge in [-0.2, -0.15) is 13.2 Å². The van der Waals surface area contributed by atoms with E-state index < -0.39 is 17.7 Å². The molecule has 0 unspecified atom stereocenters. The maximum absolute atomic E-state index is 13.2. The lowest BCUT2D eigenvalue weighted by atomic mass is 9.72. The largest absolute Gasteiger partial charge is 0.550 e. The quantitative estimate of drug-likeness (QED) is 0.535. The fourth-order valence-corrected chi connectivity index (χ4v) is 6.58. The Morgan fingerprint density at radius 3 is 2.20 bits per heavy atom. The van der Waals surface area contributed by atoms with Gasteiger partial charge in [-0.25, -0.2) is 0 Å². The molecule has 2 saturated carbocycles. The number of carboxylic acids is 1. The summed E-state index contributed by atoms with van der Waals surface area (Å²) in [6, 6.07) is 6.20. The van der Waals surface area contributed by atoms with Gasteiger partial charge in [-0.1, -0.05) is 31.4 Å². The Balaban J connectivity index is 0.00000342. The number of quaternary nitrogens is 1. The van der Waals surface area contributed by atoms with Crippen molar-refractivity contribution in [3.63, 3.8) is 0 Å². The van der Waals surface area contributed by atoms with Crippen LogP contribution in [0.5, 0.6) is 0 Å². The van der Waals surface area contributed by atoms with Crippen molar-refractivity contribution in [2.45, 2.75) is 94.8 Å². The average molecular weight is 499 g/mol. The van der Waals surface area contributed by atoms with E-state index in [1.54, 1.807) is 12.1 Å². The van der Waals surface area contributed by atoms with Crippen LogP contribution < -0.4 is 11.3 Å². The number of carboxylic acid groups (broad SMARTS) is 1. The first kappa shape index (κ1) is 27.9. The van der Waals surface area contributed by atoms with E-state index in [2.05, 4.69) is 4.90 Å². The molecule has 3 atom stereocenters. The first-order valence-corrected chi connectivity index (χ1v) is 13.0. The molecule has 2 aliphatic carbocycles. The molecule has 5 nitrogen and oxygen atoms in total. The summed E-state index contributed by atoms with van der Waals surface area (Å²) in [6.07, 6.45) is 6.30. The molecule has 0 radical (unpaired) electrons. The summed E-state index contributed by atoms with van der Waals surface area (Å²) in [6.45, 7) is 2.52. The van der Waals surface area contributed by atoms with Crippen LogP contribution in [0.2, 0.25) is 0 Å². The smallest absolute Gasteiger partial charge is 0.416 e. The van der Waals surface area contributed by atoms with Crippen LogP contribution in [0.4, 0.5) is 13.2 Å². The van der Waals surface area contributed by atoms with E-state index in [4.69, 9.17) is 4.74 Å². The van der Waals surface area contributed by atoms with Crippen molar-refractivity contribution in [1.82, 2.24) is 11.1 Å². The molecule has 0 bridgehead atoms. The van der Waals surface area contributed by atoms with E-state index in [-0.39, 0.29) is 30.4 Å². The lowest BCUT2D eigenvalue weighted by Gasteiger charge is -2.48. The van der Waals surface area contributed by atoms with Gasteiger partial charge in [-0.05, 0) is 86.8 Å². The van der Waals surface area contributed by atoms with Crippen molar-refractivity contribution < 1.29 is 27.8 Å². The van der Waals surface area contributed by atoms with E-state index in [0.717, 1.165) is 51.0 Å². The van der Waals surface area contributed by atoms with Gasteiger partial charge in [0.25, 0.3) is 0 Å². The fourth-order valence-electron chi connectivity index (χ4n) is 6.58. The van der Waals surface area contributed by atoms with Crippen LogP contribution in [-0.2, 0) is 15.7 Å². The Bertz CT molecular complexity index is 790. The van der Waals surface area contributed by atoms with Gasteiger partial charge in [-0.15, -0.1) is 0 Å². The topological polar surface area (TPSA) is 89.1 Å². The zero-order chi connectivity index (χ0) is 24.1. The number of hydrogen-bond acceptors (Lipinski definition) is 4. The SMILES string of the molecule is O=C([O-])C[C@@H]1CC[C@@H](N(CC2CCCCC2)C2CCOCC2)[C@H](c2ccc(C(F)(F)F)cc2)C1.[NH4+]. The summed E-state index contributed by atoms with van der Waals surface area (Å²) < 4.78 is 45.2. The maximum Gasteiger partial charge on any atom is 0.416 e. The predicted octanol–water partition coefficient (Wildman–Crippen LogP) is 5.54. The van der Waals surface area contributed by atoms with Crippen LogP contribution in [-0.4, -0.2) is 42.7 Å². The van der Waals surface area contributed by atoms with Gasteiger partial charge < -0.3 is 20.8 Å². The molecule has 0 aromatic heterocycles. The third kappa shape index (κ3) is 7.43. The second-order valence-corrected chi connectivity index (χ2v) is 10.6. The Hall–Kier alpha value is -1.64. The van der Waals surface area contributed by atoms with Crippen LogP contribution in [0.25, 0.3) is 0 Å². The zero-order valence-corrected chi connectivity index (χ0v) is 20.9. The zero-order valence-electron chi connectivity index (χ0n) is 20.9. The molecule has 1 aromatic carbocycles. The lowest BCUT2D eigenvalue weighted by molar-refractivity contribution is -0.307. The molecule has 1 aliphatic heterocycles. The fraction of sp³-hybridized carbons (Fsp3) is 0.741. The van der Waals surface area contributed by atoms with E-state index in [1.165, 1.54) is 44.2 Å². The summed E-state index contributed by atoms with van der Waals surface area (Å²) in [5, 5.41) is 11.3. The molecule has 1 aromatic rings.